The Balaban J connectivity index is 2.36. The second kappa shape index (κ2) is 7.40. The molecule has 1 aromatic heterocycles. The monoisotopic (exact) mass is 300 g/mol. The van der Waals surface area contributed by atoms with Gasteiger partial charge < -0.3 is 10.1 Å². The molecule has 1 N–H and O–H groups in total. The number of nitrogens with one attached hydrogen (secondary N) is 1. The van der Waals surface area contributed by atoms with Crippen molar-refractivity contribution in [3.8, 4) is 11.4 Å². The maximum atomic E-state index is 12.1. The summed E-state index contributed by atoms with van der Waals surface area (Å²) in [5, 5.41) is 10.9. The number of nitrogens with zero attached hydrogens (tertiary/aromatic N) is 3. The molecule has 0 saturated heterocycles. The fourth-order valence-corrected chi connectivity index (χ4v) is 2.12. The van der Waals surface area contributed by atoms with Crippen LogP contribution in [0.3, 0.4) is 0 Å². The Bertz CT molecular complexity index is 647. The summed E-state index contributed by atoms with van der Waals surface area (Å²) in [6.45, 7) is 6.04. The molecule has 0 fully saturated rings. The summed E-state index contributed by atoms with van der Waals surface area (Å²) in [6, 6.07) is 7.48. The second-order valence-corrected chi connectivity index (χ2v) is 4.74. The van der Waals surface area contributed by atoms with E-state index in [1.807, 2.05) is 24.3 Å². The Hall–Kier alpha value is -2.63. The van der Waals surface area contributed by atoms with Crippen LogP contribution in [0.1, 0.15) is 29.5 Å². The van der Waals surface area contributed by atoms with E-state index in [4.69, 9.17) is 4.74 Å². The molecule has 0 spiro atoms. The fraction of sp³-hybridized carbons (Fsp3) is 0.312. The summed E-state index contributed by atoms with van der Waals surface area (Å²) < 4.78 is 6.85. The van der Waals surface area contributed by atoms with Crippen LogP contribution in [-0.4, -0.2) is 34.6 Å². The molecule has 0 saturated carbocycles. The molecule has 116 valence electrons. The molecule has 0 unspecified atom stereocenters. The Morgan fingerprint density at radius 1 is 1.41 bits per heavy atom. The zero-order valence-corrected chi connectivity index (χ0v) is 12.9. The number of hydrogen-bond acceptors (Lipinski definition) is 4. The molecule has 22 heavy (non-hydrogen) atoms. The van der Waals surface area contributed by atoms with Gasteiger partial charge in [-0.2, -0.15) is 0 Å². The van der Waals surface area contributed by atoms with Crippen molar-refractivity contribution in [1.29, 1.82) is 0 Å². The van der Waals surface area contributed by atoms with E-state index in [1.165, 1.54) is 0 Å². The first-order chi connectivity index (χ1) is 10.7. The van der Waals surface area contributed by atoms with Gasteiger partial charge in [-0.1, -0.05) is 24.6 Å². The zero-order chi connectivity index (χ0) is 15.9. The van der Waals surface area contributed by atoms with Crippen LogP contribution in [0.5, 0.6) is 5.75 Å². The molecule has 2 rings (SSSR count). The van der Waals surface area contributed by atoms with Gasteiger partial charge in [0.1, 0.15) is 5.75 Å². The lowest BCUT2D eigenvalue weighted by Crippen LogP contribution is -2.25. The Morgan fingerprint density at radius 3 is 2.73 bits per heavy atom. The predicted molar refractivity (Wildman–Crippen MR) is 84.4 cm³/mol. The van der Waals surface area contributed by atoms with E-state index in [0.29, 0.717) is 12.2 Å². The summed E-state index contributed by atoms with van der Waals surface area (Å²) in [5.41, 5.74) is 2.01. The number of rotatable bonds is 7. The van der Waals surface area contributed by atoms with Crippen molar-refractivity contribution in [2.75, 3.05) is 13.7 Å². The number of ether oxygens (including phenoxy) is 1. The van der Waals surface area contributed by atoms with E-state index >= 15 is 0 Å². The number of carbonyl (C=O) groups is 1. The van der Waals surface area contributed by atoms with Crippen LogP contribution < -0.4 is 10.1 Å². The SMILES string of the molecule is C=CCNC(=O)c1nnn(-c2ccc(OC)cc2)c1CCC. The van der Waals surface area contributed by atoms with Crippen molar-refractivity contribution < 1.29 is 9.53 Å². The highest BCUT2D eigenvalue weighted by molar-refractivity contribution is 5.93. The number of benzene rings is 1. The molecule has 1 aromatic carbocycles. The first-order valence-electron chi connectivity index (χ1n) is 7.19. The number of hydrogen-bond donors (Lipinski definition) is 1. The van der Waals surface area contributed by atoms with Gasteiger partial charge in [0.05, 0.1) is 18.5 Å². The van der Waals surface area contributed by atoms with Gasteiger partial charge in [-0.05, 0) is 30.7 Å². The first-order valence-corrected chi connectivity index (χ1v) is 7.19. The van der Waals surface area contributed by atoms with Crippen molar-refractivity contribution in [2.24, 2.45) is 0 Å². The molecule has 0 bridgehead atoms. The number of carbonyl (C=O) groups excluding carboxylic acids is 1. The molecule has 6 heteroatoms. The molecule has 2 aromatic rings. The highest BCUT2D eigenvalue weighted by atomic mass is 16.5. The average Bonchev–Trinajstić information content (AvgIpc) is 2.97. The molecule has 0 aliphatic rings. The van der Waals surface area contributed by atoms with E-state index < -0.39 is 0 Å². The van der Waals surface area contributed by atoms with Crippen LogP contribution in [0.4, 0.5) is 0 Å². The van der Waals surface area contributed by atoms with Crippen molar-refractivity contribution in [1.82, 2.24) is 20.3 Å². The van der Waals surface area contributed by atoms with Crippen LogP contribution in [-0.2, 0) is 6.42 Å². The van der Waals surface area contributed by atoms with Crippen LogP contribution in [0.15, 0.2) is 36.9 Å². The molecule has 0 radical (unpaired) electrons. The Labute approximate surface area is 129 Å². The minimum absolute atomic E-state index is 0.233. The minimum Gasteiger partial charge on any atom is -0.497 e. The number of amides is 1. The van der Waals surface area contributed by atoms with E-state index in [0.717, 1.165) is 30.0 Å². The highest BCUT2D eigenvalue weighted by Gasteiger charge is 2.19. The highest BCUT2D eigenvalue weighted by Crippen LogP contribution is 2.18. The Kier molecular flexibility index (Phi) is 5.30. The largest absolute Gasteiger partial charge is 0.497 e. The second-order valence-electron chi connectivity index (χ2n) is 4.74. The topological polar surface area (TPSA) is 69.0 Å². The number of aromatic nitrogens is 3. The molecule has 6 nitrogen and oxygen atoms in total. The third-order valence-corrected chi connectivity index (χ3v) is 3.19. The van der Waals surface area contributed by atoms with Crippen molar-refractivity contribution in [2.45, 2.75) is 19.8 Å². The lowest BCUT2D eigenvalue weighted by atomic mass is 10.2. The summed E-state index contributed by atoms with van der Waals surface area (Å²) in [4.78, 5) is 12.1. The van der Waals surface area contributed by atoms with Crippen molar-refractivity contribution >= 4 is 5.91 Å². The van der Waals surface area contributed by atoms with Crippen LogP contribution in [0.2, 0.25) is 0 Å². The minimum atomic E-state index is -0.233. The third-order valence-electron chi connectivity index (χ3n) is 3.19. The summed E-state index contributed by atoms with van der Waals surface area (Å²) in [5.74, 6) is 0.535. The number of methoxy groups -OCH3 is 1. The quantitative estimate of drug-likeness (QED) is 0.795. The van der Waals surface area contributed by atoms with Gasteiger partial charge in [-0.25, -0.2) is 4.68 Å². The van der Waals surface area contributed by atoms with Crippen molar-refractivity contribution in [3.05, 3.63) is 48.3 Å². The van der Waals surface area contributed by atoms with Crippen LogP contribution in [0.25, 0.3) is 5.69 Å². The molecule has 1 amide bonds. The summed E-state index contributed by atoms with van der Waals surface area (Å²) in [6.07, 6.45) is 3.24. The van der Waals surface area contributed by atoms with E-state index in [-0.39, 0.29) is 5.91 Å². The predicted octanol–water partition coefficient (Wildman–Crippen LogP) is 2.14. The lowest BCUT2D eigenvalue weighted by Gasteiger charge is -2.08. The zero-order valence-electron chi connectivity index (χ0n) is 12.9. The normalized spacial score (nSPS) is 10.3. The molecular formula is C16H20N4O2. The summed E-state index contributed by atoms with van der Waals surface area (Å²) in [7, 11) is 1.62. The molecule has 0 aliphatic heterocycles. The van der Waals surface area contributed by atoms with E-state index in [2.05, 4.69) is 29.1 Å². The lowest BCUT2D eigenvalue weighted by molar-refractivity contribution is 0.0952. The van der Waals surface area contributed by atoms with Gasteiger partial charge in [-0.3, -0.25) is 4.79 Å². The molecule has 0 atom stereocenters. The molecular weight excluding hydrogens is 280 g/mol. The van der Waals surface area contributed by atoms with Gasteiger partial charge in [-0.15, -0.1) is 11.7 Å². The van der Waals surface area contributed by atoms with Crippen molar-refractivity contribution in [3.63, 3.8) is 0 Å². The maximum absolute atomic E-state index is 12.1. The van der Waals surface area contributed by atoms with E-state index in [9.17, 15) is 4.79 Å². The average molecular weight is 300 g/mol. The van der Waals surface area contributed by atoms with Crippen LogP contribution in [0, 0.1) is 0 Å². The fourth-order valence-electron chi connectivity index (χ4n) is 2.12. The van der Waals surface area contributed by atoms with Gasteiger partial charge in [0, 0.05) is 6.54 Å². The third kappa shape index (κ3) is 3.33. The smallest absolute Gasteiger partial charge is 0.274 e. The maximum Gasteiger partial charge on any atom is 0.274 e. The molecule has 0 aliphatic carbocycles. The Morgan fingerprint density at radius 2 is 2.14 bits per heavy atom. The van der Waals surface area contributed by atoms with Gasteiger partial charge in [0.25, 0.3) is 5.91 Å². The van der Waals surface area contributed by atoms with Gasteiger partial charge in [0.15, 0.2) is 5.69 Å². The van der Waals surface area contributed by atoms with Gasteiger partial charge >= 0.3 is 0 Å². The van der Waals surface area contributed by atoms with Crippen LogP contribution >= 0.6 is 0 Å². The summed E-state index contributed by atoms with van der Waals surface area (Å²) >= 11 is 0. The first kappa shape index (κ1) is 15.8. The van der Waals surface area contributed by atoms with Gasteiger partial charge in [0.2, 0.25) is 0 Å². The standard InChI is InChI=1S/C16H20N4O2/c1-4-6-14-15(16(21)17-11-5-2)18-19-20(14)12-7-9-13(22-3)10-8-12/h5,7-10H,2,4,6,11H2,1,3H3,(H,17,21). The molecule has 1 heterocycles. The van der Waals surface area contributed by atoms with E-state index in [1.54, 1.807) is 17.9 Å².